The minimum absolute atomic E-state index is 0.108. The van der Waals surface area contributed by atoms with Crippen LogP contribution in [0.2, 0.25) is 0 Å². The molecule has 0 aromatic heterocycles. The summed E-state index contributed by atoms with van der Waals surface area (Å²) in [5.41, 5.74) is 4.71. The SMILES string of the molecule is COc1cc([N+](=O)[O-])ccc1NC(=O)C(C)(C)C(C)(C)N. The third-order valence-corrected chi connectivity index (χ3v) is 3.82. The fourth-order valence-electron chi connectivity index (χ4n) is 1.47. The molecule has 7 nitrogen and oxygen atoms in total. The molecular formula is C14H21N3O4. The predicted octanol–water partition coefficient (Wildman–Crippen LogP) is 2.31. The predicted molar refractivity (Wildman–Crippen MR) is 80.3 cm³/mol. The number of carbonyl (C=O) groups excluding carboxylic acids is 1. The van der Waals surface area contributed by atoms with E-state index in [-0.39, 0.29) is 17.3 Å². The van der Waals surface area contributed by atoms with Crippen LogP contribution in [0.1, 0.15) is 27.7 Å². The van der Waals surface area contributed by atoms with E-state index in [1.54, 1.807) is 27.7 Å². The molecule has 0 bridgehead atoms. The van der Waals surface area contributed by atoms with Gasteiger partial charge in [0.2, 0.25) is 5.91 Å². The van der Waals surface area contributed by atoms with Gasteiger partial charge in [0.05, 0.1) is 29.2 Å². The number of nitrogens with two attached hydrogens (primary N) is 1. The summed E-state index contributed by atoms with van der Waals surface area (Å²) >= 11 is 0. The molecule has 0 heterocycles. The van der Waals surface area contributed by atoms with Gasteiger partial charge in [-0.1, -0.05) is 0 Å². The molecule has 21 heavy (non-hydrogen) atoms. The molecule has 1 aromatic carbocycles. The van der Waals surface area contributed by atoms with E-state index in [2.05, 4.69) is 5.32 Å². The van der Waals surface area contributed by atoms with Gasteiger partial charge >= 0.3 is 0 Å². The average Bonchev–Trinajstić information content (AvgIpc) is 2.37. The molecule has 0 saturated heterocycles. The lowest BCUT2D eigenvalue weighted by molar-refractivity contribution is -0.384. The van der Waals surface area contributed by atoms with E-state index in [0.717, 1.165) is 0 Å². The van der Waals surface area contributed by atoms with Gasteiger partial charge in [-0.05, 0) is 33.8 Å². The number of nitro benzene ring substituents is 1. The van der Waals surface area contributed by atoms with E-state index < -0.39 is 15.9 Å². The molecule has 0 saturated carbocycles. The Morgan fingerprint density at radius 3 is 2.33 bits per heavy atom. The molecule has 3 N–H and O–H groups in total. The molecule has 0 aliphatic carbocycles. The van der Waals surface area contributed by atoms with Crippen LogP contribution in [0, 0.1) is 15.5 Å². The molecule has 0 unspecified atom stereocenters. The van der Waals surface area contributed by atoms with Gasteiger partial charge in [-0.3, -0.25) is 14.9 Å². The van der Waals surface area contributed by atoms with Crippen LogP contribution < -0.4 is 15.8 Å². The Labute approximate surface area is 123 Å². The molecule has 0 atom stereocenters. The summed E-state index contributed by atoms with van der Waals surface area (Å²) in [6.45, 7) is 7.00. The van der Waals surface area contributed by atoms with Gasteiger partial charge in [-0.25, -0.2) is 0 Å². The van der Waals surface area contributed by atoms with Gasteiger partial charge in [0, 0.05) is 11.6 Å². The number of anilines is 1. The number of rotatable bonds is 5. The van der Waals surface area contributed by atoms with Crippen LogP contribution in [-0.4, -0.2) is 23.5 Å². The van der Waals surface area contributed by atoms with Gasteiger partial charge in [0.1, 0.15) is 5.75 Å². The number of benzene rings is 1. The van der Waals surface area contributed by atoms with Crippen LogP contribution in [0.5, 0.6) is 5.75 Å². The lowest BCUT2D eigenvalue weighted by atomic mass is 9.74. The zero-order chi connectivity index (χ0) is 16.4. The number of amides is 1. The highest BCUT2D eigenvalue weighted by Gasteiger charge is 2.40. The van der Waals surface area contributed by atoms with E-state index in [0.29, 0.717) is 5.69 Å². The molecule has 0 fully saturated rings. The molecular weight excluding hydrogens is 274 g/mol. The van der Waals surface area contributed by atoms with Crippen molar-refractivity contribution in [3.63, 3.8) is 0 Å². The Morgan fingerprint density at radius 1 is 1.33 bits per heavy atom. The fourth-order valence-corrected chi connectivity index (χ4v) is 1.47. The van der Waals surface area contributed by atoms with Gasteiger partial charge in [-0.2, -0.15) is 0 Å². The summed E-state index contributed by atoms with van der Waals surface area (Å²) in [5, 5.41) is 13.4. The molecule has 116 valence electrons. The van der Waals surface area contributed by atoms with Crippen molar-refractivity contribution < 1.29 is 14.5 Å². The molecule has 0 spiro atoms. The van der Waals surface area contributed by atoms with Crippen LogP contribution >= 0.6 is 0 Å². The smallest absolute Gasteiger partial charge is 0.273 e. The van der Waals surface area contributed by atoms with Crippen molar-refractivity contribution in [2.24, 2.45) is 11.1 Å². The van der Waals surface area contributed by atoms with Crippen molar-refractivity contribution in [3.05, 3.63) is 28.3 Å². The Morgan fingerprint density at radius 2 is 1.90 bits per heavy atom. The minimum atomic E-state index is -0.834. The first-order chi connectivity index (χ1) is 9.50. The number of methoxy groups -OCH3 is 1. The van der Waals surface area contributed by atoms with E-state index in [9.17, 15) is 14.9 Å². The average molecular weight is 295 g/mol. The van der Waals surface area contributed by atoms with Gasteiger partial charge in [0.25, 0.3) is 5.69 Å². The summed E-state index contributed by atoms with van der Waals surface area (Å²) in [4.78, 5) is 22.6. The molecule has 1 aromatic rings. The number of nitro groups is 1. The van der Waals surface area contributed by atoms with E-state index in [1.807, 2.05) is 0 Å². The number of carbonyl (C=O) groups is 1. The lowest BCUT2D eigenvalue weighted by Crippen LogP contribution is -2.53. The second-order valence-electron chi connectivity index (χ2n) is 5.94. The maximum absolute atomic E-state index is 12.4. The standard InChI is InChI=1S/C14H21N3O4/c1-13(2,14(3,4)15)12(18)16-10-7-6-9(17(19)20)8-11(10)21-5/h6-8H,15H2,1-5H3,(H,16,18). The Balaban J connectivity index is 3.09. The molecule has 1 amide bonds. The second kappa shape index (κ2) is 5.69. The third kappa shape index (κ3) is 3.49. The zero-order valence-electron chi connectivity index (χ0n) is 12.9. The summed E-state index contributed by atoms with van der Waals surface area (Å²) in [7, 11) is 1.38. The van der Waals surface area contributed by atoms with Crippen LogP contribution in [0.25, 0.3) is 0 Å². The summed E-state index contributed by atoms with van der Waals surface area (Å²) < 4.78 is 5.08. The van der Waals surface area contributed by atoms with Crippen molar-refractivity contribution in [2.45, 2.75) is 33.2 Å². The van der Waals surface area contributed by atoms with Gasteiger partial charge in [0.15, 0.2) is 0 Å². The largest absolute Gasteiger partial charge is 0.494 e. The summed E-state index contributed by atoms with van der Waals surface area (Å²) in [6, 6.07) is 4.00. The monoisotopic (exact) mass is 295 g/mol. The van der Waals surface area contributed by atoms with Crippen molar-refractivity contribution >= 4 is 17.3 Å². The summed E-state index contributed by atoms with van der Waals surface area (Å²) in [6.07, 6.45) is 0. The highest BCUT2D eigenvalue weighted by Crippen LogP contribution is 2.33. The first-order valence-corrected chi connectivity index (χ1v) is 6.43. The van der Waals surface area contributed by atoms with E-state index in [1.165, 1.54) is 25.3 Å². The van der Waals surface area contributed by atoms with E-state index in [4.69, 9.17) is 10.5 Å². The number of nitrogens with zero attached hydrogens (tertiary/aromatic N) is 1. The number of hydrogen-bond donors (Lipinski definition) is 2. The third-order valence-electron chi connectivity index (χ3n) is 3.82. The number of non-ortho nitro benzene ring substituents is 1. The van der Waals surface area contributed by atoms with Crippen molar-refractivity contribution in [1.82, 2.24) is 0 Å². The van der Waals surface area contributed by atoms with Crippen LogP contribution in [-0.2, 0) is 4.79 Å². The lowest BCUT2D eigenvalue weighted by Gasteiger charge is -2.36. The maximum atomic E-state index is 12.4. The Hall–Kier alpha value is -2.15. The van der Waals surface area contributed by atoms with Crippen molar-refractivity contribution in [2.75, 3.05) is 12.4 Å². The minimum Gasteiger partial charge on any atom is -0.494 e. The molecule has 7 heteroatoms. The Bertz CT molecular complexity index is 562. The number of ether oxygens (including phenoxy) is 1. The first kappa shape index (κ1) is 16.9. The van der Waals surface area contributed by atoms with Gasteiger partial charge in [-0.15, -0.1) is 0 Å². The first-order valence-electron chi connectivity index (χ1n) is 6.43. The normalized spacial score (nSPS) is 11.9. The molecule has 1 rings (SSSR count). The van der Waals surface area contributed by atoms with Gasteiger partial charge < -0.3 is 15.8 Å². The quantitative estimate of drug-likeness (QED) is 0.640. The maximum Gasteiger partial charge on any atom is 0.273 e. The second-order valence-corrected chi connectivity index (χ2v) is 5.94. The molecule has 0 aliphatic heterocycles. The van der Waals surface area contributed by atoms with Crippen LogP contribution in [0.3, 0.4) is 0 Å². The van der Waals surface area contributed by atoms with Crippen LogP contribution in [0.4, 0.5) is 11.4 Å². The van der Waals surface area contributed by atoms with Crippen LogP contribution in [0.15, 0.2) is 18.2 Å². The fraction of sp³-hybridized carbons (Fsp3) is 0.500. The van der Waals surface area contributed by atoms with Crippen molar-refractivity contribution in [3.8, 4) is 5.75 Å². The number of hydrogen-bond acceptors (Lipinski definition) is 5. The van der Waals surface area contributed by atoms with E-state index >= 15 is 0 Å². The highest BCUT2D eigenvalue weighted by molar-refractivity contribution is 5.97. The number of nitrogens with one attached hydrogen (secondary N) is 1. The topological polar surface area (TPSA) is 107 Å². The highest BCUT2D eigenvalue weighted by atomic mass is 16.6. The molecule has 0 aliphatic rings. The van der Waals surface area contributed by atoms with Crippen molar-refractivity contribution in [1.29, 1.82) is 0 Å². The molecule has 0 radical (unpaired) electrons. The zero-order valence-corrected chi connectivity index (χ0v) is 12.9. The summed E-state index contributed by atoms with van der Waals surface area (Å²) in [5.74, 6) is -0.0645. The Kier molecular flexibility index (Phi) is 4.58.